The number of aromatic nitrogens is 1. The summed E-state index contributed by atoms with van der Waals surface area (Å²) in [6.45, 7) is 1.01. The summed E-state index contributed by atoms with van der Waals surface area (Å²) in [7, 11) is 2.05. The maximum absolute atomic E-state index is 9.50. The molecule has 0 bridgehead atoms. The first-order valence-electron chi connectivity index (χ1n) is 6.12. The summed E-state index contributed by atoms with van der Waals surface area (Å²) in [6.07, 6.45) is 2.10. The Bertz CT molecular complexity index is 513. The molecule has 1 aromatic heterocycles. The van der Waals surface area contributed by atoms with Crippen LogP contribution < -0.4 is 4.90 Å². The number of aliphatic hydroxyl groups excluding tert-OH is 1. The fourth-order valence-corrected chi connectivity index (χ4v) is 3.14. The van der Waals surface area contributed by atoms with E-state index in [0.717, 1.165) is 33.6 Å². The maximum Gasteiger partial charge on any atom is 0.185 e. The Morgan fingerprint density at radius 1 is 1.32 bits per heavy atom. The van der Waals surface area contributed by atoms with Gasteiger partial charge in [0.1, 0.15) is 0 Å². The fraction of sp³-hybridized carbons (Fsp3) is 0.357. The molecule has 1 heterocycles. The van der Waals surface area contributed by atoms with Crippen molar-refractivity contribution >= 4 is 28.2 Å². The topological polar surface area (TPSA) is 36.4 Å². The molecule has 1 aromatic carbocycles. The first-order valence-corrected chi connectivity index (χ1v) is 8.33. The van der Waals surface area contributed by atoms with Crippen LogP contribution >= 0.6 is 23.1 Å². The maximum atomic E-state index is 9.50. The summed E-state index contributed by atoms with van der Waals surface area (Å²) in [6, 6.07) is 10.0. The predicted octanol–water partition coefficient (Wildman–Crippen LogP) is 3.10. The summed E-state index contributed by atoms with van der Waals surface area (Å²) in [5, 5.41) is 10.5. The molecule has 0 unspecified atom stereocenters. The number of nitrogens with zero attached hydrogens (tertiary/aromatic N) is 2. The lowest BCUT2D eigenvalue weighted by molar-refractivity contribution is 0.286. The average molecular weight is 294 g/mol. The Balaban J connectivity index is 2.27. The van der Waals surface area contributed by atoms with Gasteiger partial charge in [0.15, 0.2) is 5.13 Å². The van der Waals surface area contributed by atoms with Gasteiger partial charge >= 0.3 is 0 Å². The summed E-state index contributed by atoms with van der Waals surface area (Å²) < 4.78 is 0. The minimum atomic E-state index is 0.0399. The van der Waals surface area contributed by atoms with Crippen molar-refractivity contribution in [2.24, 2.45) is 0 Å². The van der Waals surface area contributed by atoms with Gasteiger partial charge in [0.25, 0.3) is 0 Å². The second kappa shape index (κ2) is 6.93. The van der Waals surface area contributed by atoms with Crippen molar-refractivity contribution < 1.29 is 5.11 Å². The highest BCUT2D eigenvalue weighted by atomic mass is 32.2. The molecule has 0 radical (unpaired) electrons. The molecule has 0 aliphatic heterocycles. The van der Waals surface area contributed by atoms with Gasteiger partial charge in [-0.2, -0.15) is 11.8 Å². The van der Waals surface area contributed by atoms with E-state index >= 15 is 0 Å². The molecule has 0 saturated carbocycles. The van der Waals surface area contributed by atoms with Crippen LogP contribution in [0.2, 0.25) is 0 Å². The van der Waals surface area contributed by atoms with Gasteiger partial charge in [-0.1, -0.05) is 41.7 Å². The van der Waals surface area contributed by atoms with E-state index in [1.54, 1.807) is 11.3 Å². The van der Waals surface area contributed by atoms with Crippen LogP contribution in [0.25, 0.3) is 11.3 Å². The van der Waals surface area contributed by atoms with Crippen LogP contribution in [-0.2, 0) is 6.61 Å². The lowest BCUT2D eigenvalue weighted by Gasteiger charge is -2.14. The Hall–Kier alpha value is -1.04. The highest BCUT2D eigenvalue weighted by Crippen LogP contribution is 2.32. The Kier molecular flexibility index (Phi) is 5.24. The van der Waals surface area contributed by atoms with Crippen LogP contribution in [0.4, 0.5) is 5.13 Å². The normalized spacial score (nSPS) is 10.7. The fourth-order valence-electron chi connectivity index (χ4n) is 1.76. The van der Waals surface area contributed by atoms with E-state index < -0.39 is 0 Å². The van der Waals surface area contributed by atoms with E-state index in [-0.39, 0.29) is 6.61 Å². The molecule has 2 aromatic rings. The second-order valence-corrected chi connectivity index (χ2v) is 6.25. The summed E-state index contributed by atoms with van der Waals surface area (Å²) >= 11 is 3.39. The van der Waals surface area contributed by atoms with Crippen molar-refractivity contribution in [3.8, 4) is 11.3 Å². The van der Waals surface area contributed by atoms with E-state index in [9.17, 15) is 5.11 Å². The summed E-state index contributed by atoms with van der Waals surface area (Å²) in [4.78, 5) is 7.75. The van der Waals surface area contributed by atoms with E-state index in [2.05, 4.69) is 16.1 Å². The van der Waals surface area contributed by atoms with Gasteiger partial charge in [-0.3, -0.25) is 0 Å². The Labute approximate surface area is 122 Å². The molecule has 0 aliphatic rings. The van der Waals surface area contributed by atoms with Crippen LogP contribution in [0.3, 0.4) is 0 Å². The van der Waals surface area contributed by atoms with Crippen LogP contribution in [0.15, 0.2) is 30.3 Å². The highest BCUT2D eigenvalue weighted by molar-refractivity contribution is 7.98. The molecule has 19 heavy (non-hydrogen) atoms. The van der Waals surface area contributed by atoms with Crippen LogP contribution in [-0.4, -0.2) is 35.7 Å². The molecule has 0 spiro atoms. The summed E-state index contributed by atoms with van der Waals surface area (Å²) in [5.74, 6) is 1.07. The molecule has 0 fully saturated rings. The number of rotatable bonds is 6. The zero-order valence-electron chi connectivity index (χ0n) is 11.2. The lowest BCUT2D eigenvalue weighted by Crippen LogP contribution is -2.19. The van der Waals surface area contributed by atoms with Gasteiger partial charge in [-0.15, -0.1) is 0 Å². The highest BCUT2D eigenvalue weighted by Gasteiger charge is 2.14. The molecular formula is C14H18N2OS2. The zero-order valence-corrected chi connectivity index (χ0v) is 12.8. The number of hydrogen-bond acceptors (Lipinski definition) is 5. The van der Waals surface area contributed by atoms with Crippen LogP contribution in [0.1, 0.15) is 4.88 Å². The third-order valence-electron chi connectivity index (χ3n) is 2.83. The minimum absolute atomic E-state index is 0.0399. The van der Waals surface area contributed by atoms with Gasteiger partial charge in [0.05, 0.1) is 17.2 Å². The van der Waals surface area contributed by atoms with Gasteiger partial charge < -0.3 is 10.0 Å². The van der Waals surface area contributed by atoms with Crippen molar-refractivity contribution in [1.82, 2.24) is 4.98 Å². The number of hydrogen-bond donors (Lipinski definition) is 1. The molecular weight excluding hydrogens is 276 g/mol. The third kappa shape index (κ3) is 3.49. The molecule has 1 N–H and O–H groups in total. The molecule has 102 valence electrons. The first-order chi connectivity index (χ1) is 9.26. The molecule has 0 amide bonds. The third-order valence-corrected chi connectivity index (χ3v) is 4.58. The van der Waals surface area contributed by atoms with Crippen LogP contribution in [0.5, 0.6) is 0 Å². The standard InChI is InChI=1S/C14H18N2OS2/c1-16(8-9-18-2)14-15-13(12(10-17)19-14)11-6-4-3-5-7-11/h3-7,17H,8-10H2,1-2H3. The van der Waals surface area contributed by atoms with Gasteiger partial charge in [-0.05, 0) is 6.26 Å². The predicted molar refractivity (Wildman–Crippen MR) is 85.1 cm³/mol. The van der Waals surface area contributed by atoms with Crippen molar-refractivity contribution in [2.45, 2.75) is 6.61 Å². The zero-order chi connectivity index (χ0) is 13.7. The number of aliphatic hydroxyl groups is 1. The minimum Gasteiger partial charge on any atom is -0.391 e. The number of benzene rings is 1. The van der Waals surface area contributed by atoms with Crippen LogP contribution in [0, 0.1) is 0 Å². The van der Waals surface area contributed by atoms with E-state index in [1.165, 1.54) is 0 Å². The molecule has 2 rings (SSSR count). The van der Waals surface area contributed by atoms with E-state index in [0.29, 0.717) is 0 Å². The Morgan fingerprint density at radius 2 is 2.05 bits per heavy atom. The number of thiazole rings is 1. The SMILES string of the molecule is CSCCN(C)c1nc(-c2ccccc2)c(CO)s1. The number of anilines is 1. The van der Waals surface area contributed by atoms with Crippen molar-refractivity contribution in [3.63, 3.8) is 0 Å². The van der Waals surface area contributed by atoms with E-state index in [1.807, 2.05) is 49.1 Å². The molecule has 3 nitrogen and oxygen atoms in total. The smallest absolute Gasteiger partial charge is 0.185 e. The average Bonchev–Trinajstić information content (AvgIpc) is 2.90. The quantitative estimate of drug-likeness (QED) is 0.888. The van der Waals surface area contributed by atoms with Gasteiger partial charge in [0.2, 0.25) is 0 Å². The Morgan fingerprint density at radius 3 is 2.68 bits per heavy atom. The van der Waals surface area contributed by atoms with Crippen molar-refractivity contribution in [1.29, 1.82) is 0 Å². The van der Waals surface area contributed by atoms with Gasteiger partial charge in [-0.25, -0.2) is 4.98 Å². The van der Waals surface area contributed by atoms with Crippen molar-refractivity contribution in [3.05, 3.63) is 35.2 Å². The largest absolute Gasteiger partial charge is 0.391 e. The van der Waals surface area contributed by atoms with Crippen molar-refractivity contribution in [2.75, 3.05) is 30.5 Å². The van der Waals surface area contributed by atoms with E-state index in [4.69, 9.17) is 0 Å². The molecule has 0 saturated heterocycles. The first kappa shape index (κ1) is 14.4. The van der Waals surface area contributed by atoms with Gasteiger partial charge in [0, 0.05) is 24.9 Å². The number of thioether (sulfide) groups is 1. The molecule has 0 atom stereocenters. The molecule has 0 aliphatic carbocycles. The molecule has 5 heteroatoms. The monoisotopic (exact) mass is 294 g/mol. The second-order valence-electron chi connectivity index (χ2n) is 4.21. The lowest BCUT2D eigenvalue weighted by atomic mass is 10.1. The summed E-state index contributed by atoms with van der Waals surface area (Å²) in [5.41, 5.74) is 1.96.